The van der Waals surface area contributed by atoms with E-state index < -0.39 is 12.6 Å². The molecule has 11 heteroatoms. The second kappa shape index (κ2) is 12.5. The van der Waals surface area contributed by atoms with Gasteiger partial charge in [0.15, 0.2) is 5.16 Å². The Hall–Kier alpha value is -3.05. The molecule has 0 fully saturated rings. The van der Waals surface area contributed by atoms with Crippen molar-refractivity contribution in [3.05, 3.63) is 52.5 Å². The Bertz CT molecular complexity index is 1250. The van der Waals surface area contributed by atoms with Crippen LogP contribution in [0.5, 0.6) is 5.75 Å². The summed E-state index contributed by atoms with van der Waals surface area (Å²) in [5.41, 5.74) is 2.76. The Morgan fingerprint density at radius 1 is 1.22 bits per heavy atom. The number of nitrogens with zero attached hydrogens (tertiary/aromatic N) is 2. The molecule has 0 aliphatic heterocycles. The lowest BCUT2D eigenvalue weighted by Gasteiger charge is -2.20. The molecule has 1 N–H and O–H groups in total. The number of carbonyl (C=O) groups is 2. The van der Waals surface area contributed by atoms with E-state index in [0.29, 0.717) is 32.9 Å². The van der Waals surface area contributed by atoms with Crippen LogP contribution < -0.4 is 10.1 Å². The normalized spacial score (nSPS) is 14.8. The molecule has 0 radical (unpaired) electrons. The van der Waals surface area contributed by atoms with Gasteiger partial charge in [0.05, 0.1) is 23.6 Å². The van der Waals surface area contributed by atoms with Gasteiger partial charge in [-0.3, -0.25) is 4.79 Å². The fourth-order valence-corrected chi connectivity index (χ4v) is 6.18. The monoisotopic (exact) mass is 547 g/mol. The Morgan fingerprint density at radius 2 is 2.00 bits per heavy atom. The summed E-state index contributed by atoms with van der Waals surface area (Å²) in [6.45, 7) is 1.31. The number of benzene rings is 1. The average molecular weight is 548 g/mol. The second-order valence-electron chi connectivity index (χ2n) is 8.41. The van der Waals surface area contributed by atoms with Gasteiger partial charge in [0.25, 0.3) is 0 Å². The minimum absolute atomic E-state index is 0.0486. The topological polar surface area (TPSA) is 90.4 Å². The molecule has 7 nitrogen and oxygen atoms in total. The number of esters is 1. The number of anilines is 1. The van der Waals surface area contributed by atoms with Crippen molar-refractivity contribution in [2.75, 3.05) is 17.7 Å². The number of amides is 1. The molecule has 0 unspecified atom stereocenters. The first-order valence-corrected chi connectivity index (χ1v) is 13.8. The highest BCUT2D eigenvalue weighted by molar-refractivity contribution is 7.99. The SMILES string of the molecule is CCOC(=O)c1c(NC(=O)CSc2nccc(-c3ccc(OC(F)F)cc3)n2)sc2c1CC[C@H](CC)C2. The van der Waals surface area contributed by atoms with Crippen LogP contribution in [0, 0.1) is 5.92 Å². The third-order valence-electron chi connectivity index (χ3n) is 6.02. The largest absolute Gasteiger partial charge is 0.462 e. The number of ether oxygens (including phenoxy) is 2. The van der Waals surface area contributed by atoms with Crippen LogP contribution in [0.25, 0.3) is 11.3 Å². The zero-order valence-electron chi connectivity index (χ0n) is 20.5. The van der Waals surface area contributed by atoms with Crippen LogP contribution in [0.3, 0.4) is 0 Å². The number of halogens is 2. The first-order chi connectivity index (χ1) is 17.9. The summed E-state index contributed by atoms with van der Waals surface area (Å²) in [4.78, 5) is 35.4. The fraction of sp³-hybridized carbons (Fsp3) is 0.385. The van der Waals surface area contributed by atoms with Gasteiger partial charge < -0.3 is 14.8 Å². The molecule has 0 saturated carbocycles. The molecule has 2 aromatic heterocycles. The van der Waals surface area contributed by atoms with Crippen molar-refractivity contribution in [2.24, 2.45) is 5.92 Å². The number of thioether (sulfide) groups is 1. The van der Waals surface area contributed by atoms with Gasteiger partial charge in [-0.05, 0) is 68.0 Å². The number of thiophene rings is 1. The van der Waals surface area contributed by atoms with Crippen LogP contribution in [-0.2, 0) is 22.4 Å². The minimum atomic E-state index is -2.89. The maximum Gasteiger partial charge on any atom is 0.387 e. The summed E-state index contributed by atoms with van der Waals surface area (Å²) in [7, 11) is 0. The molecule has 1 aliphatic rings. The number of rotatable bonds is 10. The summed E-state index contributed by atoms with van der Waals surface area (Å²) >= 11 is 2.62. The fourth-order valence-electron chi connectivity index (χ4n) is 4.18. The minimum Gasteiger partial charge on any atom is -0.462 e. The highest BCUT2D eigenvalue weighted by atomic mass is 32.2. The summed E-state index contributed by atoms with van der Waals surface area (Å²) in [5.74, 6) is 0.00892. The lowest BCUT2D eigenvalue weighted by molar-refractivity contribution is -0.113. The van der Waals surface area contributed by atoms with E-state index in [1.54, 1.807) is 31.3 Å². The molecule has 3 aromatic rings. The first kappa shape index (κ1) is 27.0. The van der Waals surface area contributed by atoms with Gasteiger partial charge in [0.1, 0.15) is 10.8 Å². The summed E-state index contributed by atoms with van der Waals surface area (Å²) in [5, 5.41) is 3.83. The van der Waals surface area contributed by atoms with Crippen LogP contribution in [-0.4, -0.2) is 40.8 Å². The molecule has 1 amide bonds. The molecule has 0 bridgehead atoms. The van der Waals surface area contributed by atoms with E-state index in [9.17, 15) is 18.4 Å². The average Bonchev–Trinajstić information content (AvgIpc) is 3.24. The summed E-state index contributed by atoms with van der Waals surface area (Å²) < 4.78 is 34.4. The van der Waals surface area contributed by atoms with Crippen molar-refractivity contribution < 1.29 is 27.8 Å². The lowest BCUT2D eigenvalue weighted by atomic mass is 9.85. The van der Waals surface area contributed by atoms with Crippen LogP contribution in [0.4, 0.5) is 13.8 Å². The maximum absolute atomic E-state index is 12.8. The highest BCUT2D eigenvalue weighted by Crippen LogP contribution is 2.41. The zero-order valence-corrected chi connectivity index (χ0v) is 22.1. The van der Waals surface area contributed by atoms with Crippen molar-refractivity contribution >= 4 is 40.0 Å². The summed E-state index contributed by atoms with van der Waals surface area (Å²) in [6, 6.07) is 7.82. The van der Waals surface area contributed by atoms with Gasteiger partial charge in [0, 0.05) is 16.6 Å². The molecular formula is C26H27F2N3O4S2. The molecule has 4 rings (SSSR count). The third-order valence-corrected chi connectivity index (χ3v) is 8.05. The smallest absolute Gasteiger partial charge is 0.387 e. The molecule has 1 atom stereocenters. The number of nitrogens with one attached hydrogen (secondary N) is 1. The molecule has 0 saturated heterocycles. The van der Waals surface area contributed by atoms with E-state index in [2.05, 4.69) is 26.9 Å². The van der Waals surface area contributed by atoms with Gasteiger partial charge in [-0.15, -0.1) is 11.3 Å². The molecule has 196 valence electrons. The van der Waals surface area contributed by atoms with Crippen molar-refractivity contribution in [3.63, 3.8) is 0 Å². The first-order valence-electron chi connectivity index (χ1n) is 12.0. The van der Waals surface area contributed by atoms with E-state index >= 15 is 0 Å². The zero-order chi connectivity index (χ0) is 26.4. The number of hydrogen-bond acceptors (Lipinski definition) is 8. The quantitative estimate of drug-likeness (QED) is 0.183. The predicted molar refractivity (Wildman–Crippen MR) is 140 cm³/mol. The predicted octanol–water partition coefficient (Wildman–Crippen LogP) is 6.23. The Labute approximate surface area is 222 Å². The Balaban J connectivity index is 1.43. The number of fused-ring (bicyclic) bond motifs is 1. The van der Waals surface area contributed by atoms with Gasteiger partial charge in [-0.2, -0.15) is 8.78 Å². The van der Waals surface area contributed by atoms with Crippen LogP contribution >= 0.6 is 23.1 Å². The van der Waals surface area contributed by atoms with E-state index in [0.717, 1.165) is 47.9 Å². The standard InChI is InChI=1S/C26H27F2N3O4S2/c1-3-15-5-10-18-20(13-15)37-23(22(18)24(33)34-4-2)31-21(32)14-36-26-29-12-11-19(30-26)16-6-8-17(9-7-16)35-25(27)28/h6-9,11-12,15,25H,3-5,10,13-14H2,1-2H3,(H,31,32)/t15-/m0/s1. The molecule has 37 heavy (non-hydrogen) atoms. The van der Waals surface area contributed by atoms with Crippen LogP contribution in [0.1, 0.15) is 47.5 Å². The number of alkyl halides is 2. The molecule has 1 aliphatic carbocycles. The van der Waals surface area contributed by atoms with Crippen molar-refractivity contribution in [1.82, 2.24) is 9.97 Å². The van der Waals surface area contributed by atoms with E-state index in [4.69, 9.17) is 4.74 Å². The second-order valence-corrected chi connectivity index (χ2v) is 10.5. The molecular weight excluding hydrogens is 520 g/mol. The third kappa shape index (κ3) is 6.84. The summed E-state index contributed by atoms with van der Waals surface area (Å²) in [6.07, 6.45) is 5.38. The van der Waals surface area contributed by atoms with E-state index in [-0.39, 0.29) is 24.0 Å². The highest BCUT2D eigenvalue weighted by Gasteiger charge is 2.29. The molecule has 1 aromatic carbocycles. The van der Waals surface area contributed by atoms with Gasteiger partial charge in [-0.25, -0.2) is 14.8 Å². The maximum atomic E-state index is 12.8. The van der Waals surface area contributed by atoms with Crippen LogP contribution in [0.15, 0.2) is 41.7 Å². The van der Waals surface area contributed by atoms with E-state index in [1.165, 1.54) is 23.5 Å². The van der Waals surface area contributed by atoms with Gasteiger partial charge >= 0.3 is 12.6 Å². The van der Waals surface area contributed by atoms with Gasteiger partial charge in [0.2, 0.25) is 5.91 Å². The molecule has 0 spiro atoms. The van der Waals surface area contributed by atoms with E-state index in [1.807, 2.05) is 0 Å². The van der Waals surface area contributed by atoms with Crippen molar-refractivity contribution in [3.8, 4) is 17.0 Å². The lowest BCUT2D eigenvalue weighted by Crippen LogP contribution is -2.18. The molecule has 2 heterocycles. The van der Waals surface area contributed by atoms with Crippen molar-refractivity contribution in [2.45, 2.75) is 51.3 Å². The number of aromatic nitrogens is 2. The number of hydrogen-bond donors (Lipinski definition) is 1. The van der Waals surface area contributed by atoms with Gasteiger partial charge in [-0.1, -0.05) is 25.1 Å². The Morgan fingerprint density at radius 3 is 2.70 bits per heavy atom. The van der Waals surface area contributed by atoms with Crippen molar-refractivity contribution in [1.29, 1.82) is 0 Å². The van der Waals surface area contributed by atoms with Crippen LogP contribution in [0.2, 0.25) is 0 Å². The number of carbonyl (C=O) groups excluding carboxylic acids is 2. The Kier molecular flexibility index (Phi) is 9.09.